The summed E-state index contributed by atoms with van der Waals surface area (Å²) in [7, 11) is 0. The highest BCUT2D eigenvalue weighted by Gasteiger charge is 2.20. The fraction of sp³-hybridized carbons (Fsp3) is 0. The second kappa shape index (κ2) is 12.2. The Bertz CT molecular complexity index is 2570. The van der Waals surface area contributed by atoms with E-state index in [0.29, 0.717) is 5.82 Å². The fourth-order valence-corrected chi connectivity index (χ4v) is 6.83. The summed E-state index contributed by atoms with van der Waals surface area (Å²) in [4.78, 5) is 10.6. The van der Waals surface area contributed by atoms with Crippen LogP contribution >= 0.6 is 0 Å². The summed E-state index contributed by atoms with van der Waals surface area (Å²) < 4.78 is 2.26. The summed E-state index contributed by atoms with van der Waals surface area (Å²) in [6, 6.07) is 66.1. The summed E-state index contributed by atoms with van der Waals surface area (Å²) in [5.74, 6) is 0.695. The molecule has 0 saturated heterocycles. The Hall–Kier alpha value is -6.58. The predicted octanol–water partition coefficient (Wildman–Crippen LogP) is 11.9. The predicted molar refractivity (Wildman–Crippen MR) is 204 cm³/mol. The summed E-state index contributed by atoms with van der Waals surface area (Å²) in [6.45, 7) is 0. The van der Waals surface area contributed by atoms with Crippen LogP contribution in [0.1, 0.15) is 0 Å². The van der Waals surface area contributed by atoms with Crippen LogP contribution in [0.3, 0.4) is 0 Å². The van der Waals surface area contributed by atoms with Gasteiger partial charge in [-0.25, -0.2) is 9.97 Å². The van der Waals surface area contributed by atoms with E-state index >= 15 is 0 Å². The lowest BCUT2D eigenvalue weighted by Crippen LogP contribution is -1.99. The normalized spacial score (nSPS) is 11.3. The summed E-state index contributed by atoms with van der Waals surface area (Å²) >= 11 is 0. The van der Waals surface area contributed by atoms with Gasteiger partial charge in [0, 0.05) is 22.2 Å². The first-order valence-corrected chi connectivity index (χ1v) is 16.6. The second-order valence-corrected chi connectivity index (χ2v) is 12.3. The molecule has 9 aromatic rings. The first-order chi connectivity index (χ1) is 24.3. The lowest BCUT2D eigenvalue weighted by molar-refractivity contribution is 1.11. The zero-order chi connectivity index (χ0) is 32.6. The molecule has 7 aromatic carbocycles. The Labute approximate surface area is 285 Å². The number of nitrogens with zero attached hydrogens (tertiary/aromatic N) is 3. The van der Waals surface area contributed by atoms with E-state index in [1.165, 1.54) is 22.3 Å². The minimum atomic E-state index is 0.695. The minimum absolute atomic E-state index is 0.695. The van der Waals surface area contributed by atoms with Crippen LogP contribution in [-0.4, -0.2) is 14.5 Å². The van der Waals surface area contributed by atoms with E-state index in [0.717, 1.165) is 55.6 Å². The molecule has 0 fully saturated rings. The van der Waals surface area contributed by atoms with Gasteiger partial charge in [0.05, 0.1) is 16.6 Å². The zero-order valence-electron chi connectivity index (χ0n) is 26.7. The highest BCUT2D eigenvalue weighted by molar-refractivity contribution is 6.14. The molecule has 0 aliphatic rings. The first kappa shape index (κ1) is 28.6. The SMILES string of the molecule is c1ccc(-c2ccc(-c3cccc(-c4cccc(-c5nc(-c6ccccc6)c6c7ccccc7n(-c7ccccc7)c6n5)c4)c3)cc2)cc1. The number of hydrogen-bond donors (Lipinski definition) is 0. The Morgan fingerprint density at radius 1 is 0.347 bits per heavy atom. The van der Waals surface area contributed by atoms with Crippen LogP contribution in [0.15, 0.2) is 188 Å². The van der Waals surface area contributed by atoms with Gasteiger partial charge in [-0.05, 0) is 63.7 Å². The monoisotopic (exact) mass is 625 g/mol. The van der Waals surface area contributed by atoms with Crippen molar-refractivity contribution in [1.29, 1.82) is 0 Å². The molecule has 0 spiro atoms. The quantitative estimate of drug-likeness (QED) is 0.184. The second-order valence-electron chi connectivity index (χ2n) is 12.3. The van der Waals surface area contributed by atoms with Crippen molar-refractivity contribution in [3.8, 4) is 61.7 Å². The highest BCUT2D eigenvalue weighted by Crippen LogP contribution is 2.38. The third-order valence-electron chi connectivity index (χ3n) is 9.22. The third-order valence-corrected chi connectivity index (χ3v) is 9.22. The van der Waals surface area contributed by atoms with Gasteiger partial charge >= 0.3 is 0 Å². The molecule has 230 valence electrons. The van der Waals surface area contributed by atoms with E-state index < -0.39 is 0 Å². The maximum absolute atomic E-state index is 5.33. The van der Waals surface area contributed by atoms with Gasteiger partial charge in [-0.15, -0.1) is 0 Å². The number of para-hydroxylation sites is 2. The number of hydrogen-bond acceptors (Lipinski definition) is 2. The molecule has 0 unspecified atom stereocenters. The molecule has 2 heterocycles. The van der Waals surface area contributed by atoms with Crippen LogP contribution in [0.25, 0.3) is 83.6 Å². The van der Waals surface area contributed by atoms with Gasteiger partial charge in [0.1, 0.15) is 5.65 Å². The van der Waals surface area contributed by atoms with Gasteiger partial charge in [-0.1, -0.05) is 158 Å². The molecule has 2 aromatic heterocycles. The fourth-order valence-electron chi connectivity index (χ4n) is 6.83. The van der Waals surface area contributed by atoms with Gasteiger partial charge in [-0.2, -0.15) is 0 Å². The van der Waals surface area contributed by atoms with Gasteiger partial charge in [0.2, 0.25) is 0 Å². The summed E-state index contributed by atoms with van der Waals surface area (Å²) in [5.41, 5.74) is 13.1. The van der Waals surface area contributed by atoms with Crippen LogP contribution in [0, 0.1) is 0 Å². The summed E-state index contributed by atoms with van der Waals surface area (Å²) in [6.07, 6.45) is 0. The molecule has 3 nitrogen and oxygen atoms in total. The van der Waals surface area contributed by atoms with E-state index in [9.17, 15) is 0 Å². The molecule has 0 saturated carbocycles. The average molecular weight is 626 g/mol. The zero-order valence-corrected chi connectivity index (χ0v) is 26.7. The van der Waals surface area contributed by atoms with Crippen molar-refractivity contribution in [2.45, 2.75) is 0 Å². The molecule has 0 N–H and O–H groups in total. The lowest BCUT2D eigenvalue weighted by Gasteiger charge is -2.12. The van der Waals surface area contributed by atoms with Crippen molar-refractivity contribution in [2.75, 3.05) is 0 Å². The van der Waals surface area contributed by atoms with Crippen LogP contribution in [0.2, 0.25) is 0 Å². The lowest BCUT2D eigenvalue weighted by atomic mass is 9.96. The minimum Gasteiger partial charge on any atom is -0.294 e. The number of rotatable bonds is 6. The highest BCUT2D eigenvalue weighted by atomic mass is 15.1. The largest absolute Gasteiger partial charge is 0.294 e. The van der Waals surface area contributed by atoms with Crippen LogP contribution in [0.4, 0.5) is 0 Å². The Morgan fingerprint density at radius 3 is 1.49 bits per heavy atom. The van der Waals surface area contributed by atoms with Gasteiger partial charge < -0.3 is 0 Å². The third kappa shape index (κ3) is 5.28. The Morgan fingerprint density at radius 2 is 0.816 bits per heavy atom. The molecule has 0 aliphatic heterocycles. The Balaban J connectivity index is 1.17. The molecule has 3 heteroatoms. The van der Waals surface area contributed by atoms with Gasteiger partial charge in [0.25, 0.3) is 0 Å². The van der Waals surface area contributed by atoms with E-state index in [1.807, 2.05) is 12.1 Å². The molecular formula is C46H31N3. The topological polar surface area (TPSA) is 30.7 Å². The maximum atomic E-state index is 5.33. The standard InChI is InChI=1S/C46H31N3/c1-4-14-32(15-5-1)33-26-28-34(29-27-33)36-18-12-19-37(30-36)38-20-13-21-39(31-38)45-47-44(35-16-6-2-7-17-35)43-41-24-10-11-25-42(41)49(46(43)48-45)40-22-8-3-9-23-40/h1-31H. The molecule has 0 bridgehead atoms. The molecule has 0 aliphatic carbocycles. The number of benzene rings is 7. The Kier molecular flexibility index (Phi) is 7.14. The van der Waals surface area contributed by atoms with Crippen LogP contribution in [0.5, 0.6) is 0 Å². The first-order valence-electron chi connectivity index (χ1n) is 16.6. The van der Waals surface area contributed by atoms with Crippen LogP contribution < -0.4 is 0 Å². The molecule has 0 amide bonds. The van der Waals surface area contributed by atoms with Crippen molar-refractivity contribution in [3.63, 3.8) is 0 Å². The van der Waals surface area contributed by atoms with Crippen molar-refractivity contribution in [2.24, 2.45) is 0 Å². The number of aromatic nitrogens is 3. The van der Waals surface area contributed by atoms with E-state index in [2.05, 4.69) is 180 Å². The average Bonchev–Trinajstić information content (AvgIpc) is 3.53. The van der Waals surface area contributed by atoms with Crippen molar-refractivity contribution < 1.29 is 0 Å². The molecular weight excluding hydrogens is 595 g/mol. The van der Waals surface area contributed by atoms with Crippen molar-refractivity contribution in [3.05, 3.63) is 188 Å². The van der Waals surface area contributed by atoms with E-state index in [-0.39, 0.29) is 0 Å². The van der Waals surface area contributed by atoms with Crippen LogP contribution in [-0.2, 0) is 0 Å². The van der Waals surface area contributed by atoms with Crippen molar-refractivity contribution in [1.82, 2.24) is 14.5 Å². The van der Waals surface area contributed by atoms with E-state index in [4.69, 9.17) is 9.97 Å². The molecule has 49 heavy (non-hydrogen) atoms. The summed E-state index contributed by atoms with van der Waals surface area (Å²) in [5, 5.41) is 2.19. The maximum Gasteiger partial charge on any atom is 0.162 e. The molecule has 0 atom stereocenters. The molecule has 0 radical (unpaired) electrons. The molecule has 9 rings (SSSR count). The van der Waals surface area contributed by atoms with E-state index in [1.54, 1.807) is 0 Å². The van der Waals surface area contributed by atoms with Gasteiger partial charge in [-0.3, -0.25) is 4.57 Å². The van der Waals surface area contributed by atoms with Crippen molar-refractivity contribution >= 4 is 21.9 Å². The number of fused-ring (bicyclic) bond motifs is 3. The smallest absolute Gasteiger partial charge is 0.162 e. The van der Waals surface area contributed by atoms with Gasteiger partial charge in [0.15, 0.2) is 5.82 Å².